The molecular weight excluding hydrogens is 298 g/mol. The molecule has 0 unspecified atom stereocenters. The van der Waals surface area contributed by atoms with Gasteiger partial charge in [-0.3, -0.25) is 4.79 Å². The zero-order valence-corrected chi connectivity index (χ0v) is 16.6. The molecule has 0 aromatic heterocycles. The predicted octanol–water partition coefficient (Wildman–Crippen LogP) is 1.26. The van der Waals surface area contributed by atoms with Crippen molar-refractivity contribution < 1.29 is 15.0 Å². The Morgan fingerprint density at radius 3 is 2.29 bits per heavy atom. The van der Waals surface area contributed by atoms with Crippen LogP contribution in [0, 0.1) is 5.41 Å². The van der Waals surface area contributed by atoms with E-state index >= 15 is 0 Å². The van der Waals surface area contributed by atoms with Gasteiger partial charge in [-0.25, -0.2) is 0 Å². The molecule has 0 aliphatic rings. The summed E-state index contributed by atoms with van der Waals surface area (Å²) in [4.78, 5) is 13.8. The number of hydrogen-bond donors (Lipinski definition) is 3. The van der Waals surface area contributed by atoms with E-state index in [0.717, 1.165) is 25.2 Å². The molecule has 1 amide bonds. The third kappa shape index (κ3) is 7.02. The quantitative estimate of drug-likeness (QED) is 0.625. The van der Waals surface area contributed by atoms with Crippen LogP contribution in [0.15, 0.2) is 24.3 Å². The zero-order chi connectivity index (χ0) is 18.3. The molecule has 0 aliphatic carbocycles. The highest BCUT2D eigenvalue weighted by Crippen LogP contribution is 2.20. The Labute approximate surface area is 148 Å². The molecule has 0 bridgehead atoms. The van der Waals surface area contributed by atoms with E-state index in [1.54, 1.807) is 0 Å². The molecule has 1 aromatic rings. The van der Waals surface area contributed by atoms with Gasteiger partial charge >= 0.3 is 0 Å². The van der Waals surface area contributed by atoms with Gasteiger partial charge < -0.3 is 15.5 Å². The number of anilines is 1. The van der Waals surface area contributed by atoms with Crippen molar-refractivity contribution in [3.8, 4) is 0 Å². The molecule has 4 nitrogen and oxygen atoms in total. The minimum absolute atomic E-state index is 0.0688. The molecule has 2 atom stereocenters. The Balaban J connectivity index is 2.52. The number of rotatable bonds is 9. The topological polar surface area (TPSA) is 50.1 Å². The summed E-state index contributed by atoms with van der Waals surface area (Å²) in [5.74, 6) is 0.627. The average Bonchev–Trinajstić information content (AvgIpc) is 2.51. The van der Waals surface area contributed by atoms with Gasteiger partial charge in [0.25, 0.3) is 5.91 Å². The van der Waals surface area contributed by atoms with Crippen molar-refractivity contribution >= 4 is 11.6 Å². The van der Waals surface area contributed by atoms with Crippen molar-refractivity contribution in [3.05, 3.63) is 29.8 Å². The van der Waals surface area contributed by atoms with Crippen LogP contribution in [0.2, 0.25) is 0 Å². The summed E-state index contributed by atoms with van der Waals surface area (Å²) in [5.41, 5.74) is 2.41. The van der Waals surface area contributed by atoms with Crippen LogP contribution in [-0.2, 0) is 4.79 Å². The van der Waals surface area contributed by atoms with Crippen LogP contribution in [-0.4, -0.2) is 39.1 Å². The molecule has 0 spiro atoms. The highest BCUT2D eigenvalue weighted by atomic mass is 16.2. The molecule has 0 aliphatic heterocycles. The third-order valence-electron chi connectivity index (χ3n) is 4.63. The van der Waals surface area contributed by atoms with Gasteiger partial charge in [0.1, 0.15) is 0 Å². The first-order chi connectivity index (χ1) is 11.1. The molecule has 24 heavy (non-hydrogen) atoms. The minimum atomic E-state index is -0.0873. The van der Waals surface area contributed by atoms with Gasteiger partial charge in [0.05, 0.1) is 32.6 Å². The number of carbonyl (C=O) groups is 1. The van der Waals surface area contributed by atoms with E-state index in [-0.39, 0.29) is 17.4 Å². The predicted molar refractivity (Wildman–Crippen MR) is 101 cm³/mol. The molecule has 0 saturated carbocycles. The number of nitrogens with two attached hydrogens (primary N) is 1. The maximum absolute atomic E-state index is 12.4. The van der Waals surface area contributed by atoms with Crippen LogP contribution >= 0.6 is 0 Å². The maximum Gasteiger partial charge on any atom is 0.282 e. The lowest BCUT2D eigenvalue weighted by Gasteiger charge is -2.25. The summed E-state index contributed by atoms with van der Waals surface area (Å²) in [7, 11) is 4.34. The van der Waals surface area contributed by atoms with Crippen molar-refractivity contribution in [1.82, 2.24) is 0 Å². The number of carbonyl (C=O) groups excluding carboxylic acids is 1. The first-order valence-electron chi connectivity index (χ1n) is 9.18. The molecule has 4 heteroatoms. The number of benzene rings is 1. The zero-order valence-electron chi connectivity index (χ0n) is 16.6. The van der Waals surface area contributed by atoms with Gasteiger partial charge in [0.2, 0.25) is 0 Å². The first-order valence-corrected chi connectivity index (χ1v) is 9.18. The molecule has 1 aromatic carbocycles. The van der Waals surface area contributed by atoms with E-state index in [2.05, 4.69) is 64.6 Å². The lowest BCUT2D eigenvalue weighted by Crippen LogP contribution is -3.08. The fourth-order valence-electron chi connectivity index (χ4n) is 3.02. The second-order valence-electron chi connectivity index (χ2n) is 8.20. The number of quaternary nitrogens is 2. The van der Waals surface area contributed by atoms with Gasteiger partial charge in [-0.15, -0.1) is 0 Å². The van der Waals surface area contributed by atoms with Crippen LogP contribution in [0.3, 0.4) is 0 Å². The Kier molecular flexibility index (Phi) is 7.91. The Hall–Kier alpha value is -1.39. The van der Waals surface area contributed by atoms with Crippen LogP contribution in [0.1, 0.15) is 52.5 Å². The van der Waals surface area contributed by atoms with Crippen molar-refractivity contribution in [3.63, 3.8) is 0 Å². The largest absolute Gasteiger partial charge is 0.339 e. The first kappa shape index (κ1) is 20.7. The summed E-state index contributed by atoms with van der Waals surface area (Å²) in [5, 5.41) is 5.17. The summed E-state index contributed by atoms with van der Waals surface area (Å²) >= 11 is 0. The Morgan fingerprint density at radius 2 is 1.79 bits per heavy atom. The summed E-state index contributed by atoms with van der Waals surface area (Å²) < 4.78 is 0. The van der Waals surface area contributed by atoms with Crippen LogP contribution in [0.4, 0.5) is 5.69 Å². The van der Waals surface area contributed by atoms with Gasteiger partial charge in [0.15, 0.2) is 6.04 Å². The standard InChI is InChI=1S/C20H35N3O/c1-8-15(2)17-9-11-18(12-10-17)22-19(24)16(3)21-13-20(4,5)14-23(6)7/h9-12,15-16,21H,8,13-14H2,1-7H3,(H,22,24)/p+2/t15-,16-/m1/s1. The Morgan fingerprint density at radius 1 is 1.21 bits per heavy atom. The van der Waals surface area contributed by atoms with Crippen molar-refractivity contribution in [2.24, 2.45) is 5.41 Å². The Bertz CT molecular complexity index is 508. The van der Waals surface area contributed by atoms with Crippen LogP contribution in [0.5, 0.6) is 0 Å². The highest BCUT2D eigenvalue weighted by Gasteiger charge is 2.26. The second kappa shape index (κ2) is 9.19. The fourth-order valence-corrected chi connectivity index (χ4v) is 3.02. The number of hydrogen-bond acceptors (Lipinski definition) is 1. The van der Waals surface area contributed by atoms with E-state index in [0.29, 0.717) is 5.92 Å². The molecule has 1 rings (SSSR count). The molecule has 0 saturated heterocycles. The average molecular weight is 336 g/mol. The molecule has 0 fully saturated rings. The van der Waals surface area contributed by atoms with Crippen molar-refractivity contribution in [2.75, 3.05) is 32.5 Å². The minimum Gasteiger partial charge on any atom is -0.339 e. The summed E-state index contributed by atoms with van der Waals surface area (Å²) in [6.07, 6.45) is 1.13. The smallest absolute Gasteiger partial charge is 0.282 e. The second-order valence-corrected chi connectivity index (χ2v) is 8.20. The van der Waals surface area contributed by atoms with Gasteiger partial charge in [0, 0.05) is 5.69 Å². The molecule has 0 heterocycles. The fraction of sp³-hybridized carbons (Fsp3) is 0.650. The lowest BCUT2D eigenvalue weighted by molar-refractivity contribution is -0.868. The van der Waals surface area contributed by atoms with Gasteiger partial charge in [-0.1, -0.05) is 26.0 Å². The molecular formula is C20H37N3O+2. The summed E-state index contributed by atoms with van der Waals surface area (Å²) in [6, 6.07) is 8.15. The van der Waals surface area contributed by atoms with Crippen LogP contribution < -0.4 is 15.5 Å². The monoisotopic (exact) mass is 335 g/mol. The SMILES string of the molecule is CC[C@@H](C)c1ccc(NC(=O)[C@@H](C)[NH2+]CC(C)(C)C[NH+](C)C)cc1. The van der Waals surface area contributed by atoms with E-state index in [1.165, 1.54) is 10.5 Å². The van der Waals surface area contributed by atoms with Crippen molar-refractivity contribution in [2.45, 2.75) is 53.0 Å². The van der Waals surface area contributed by atoms with Crippen molar-refractivity contribution in [1.29, 1.82) is 0 Å². The summed E-state index contributed by atoms with van der Waals surface area (Å²) in [6.45, 7) is 12.9. The van der Waals surface area contributed by atoms with Gasteiger partial charge in [-0.05, 0) is 50.8 Å². The van der Waals surface area contributed by atoms with E-state index in [4.69, 9.17) is 0 Å². The van der Waals surface area contributed by atoms with E-state index in [9.17, 15) is 4.79 Å². The molecule has 136 valence electrons. The van der Waals surface area contributed by atoms with E-state index in [1.807, 2.05) is 19.1 Å². The molecule has 4 N–H and O–H groups in total. The highest BCUT2D eigenvalue weighted by molar-refractivity contribution is 5.93. The number of amides is 1. The third-order valence-corrected chi connectivity index (χ3v) is 4.63. The van der Waals surface area contributed by atoms with Gasteiger partial charge in [-0.2, -0.15) is 0 Å². The maximum atomic E-state index is 12.4. The van der Waals surface area contributed by atoms with Crippen LogP contribution in [0.25, 0.3) is 0 Å². The molecule has 0 radical (unpaired) electrons. The lowest BCUT2D eigenvalue weighted by atomic mass is 9.92. The normalized spacial score (nSPS) is 14.5. The van der Waals surface area contributed by atoms with E-state index < -0.39 is 0 Å². The number of nitrogens with one attached hydrogen (secondary N) is 2.